The van der Waals surface area contributed by atoms with Crippen molar-refractivity contribution in [1.29, 1.82) is 0 Å². The van der Waals surface area contributed by atoms with Gasteiger partial charge in [0.05, 0.1) is 0 Å². The number of anilines is 1. The zero-order valence-electron chi connectivity index (χ0n) is 10.4. The lowest BCUT2D eigenvalue weighted by molar-refractivity contribution is -0.135. The summed E-state index contributed by atoms with van der Waals surface area (Å²) < 4.78 is 0. The van der Waals surface area contributed by atoms with Gasteiger partial charge >= 0.3 is 5.97 Å². The predicted molar refractivity (Wildman–Crippen MR) is 69.4 cm³/mol. The van der Waals surface area contributed by atoms with Crippen LogP contribution in [0.2, 0.25) is 0 Å². The van der Waals surface area contributed by atoms with Crippen LogP contribution in [-0.4, -0.2) is 30.7 Å². The fraction of sp³-hybridized carbons (Fsp3) is 0.462. The van der Waals surface area contributed by atoms with Crippen molar-refractivity contribution < 1.29 is 9.90 Å². The fourth-order valence-electron chi connectivity index (χ4n) is 1.69. The summed E-state index contributed by atoms with van der Waals surface area (Å²) in [4.78, 5) is 12.5. The quantitative estimate of drug-likeness (QED) is 0.788. The Bertz CT molecular complexity index is 360. The Labute approximate surface area is 102 Å². The molecule has 0 aliphatic rings. The van der Waals surface area contributed by atoms with Crippen molar-refractivity contribution in [2.24, 2.45) is 5.73 Å². The number of benzene rings is 1. The maximum Gasteiger partial charge on any atom is 0.323 e. The van der Waals surface area contributed by atoms with Crippen LogP contribution in [0.25, 0.3) is 0 Å². The number of carbonyl (C=O) groups is 1. The Morgan fingerprint density at radius 2 is 1.94 bits per heavy atom. The SMILES string of the molecule is CC(C)c1ccc(N(CCN)CC(=O)O)cc1. The highest BCUT2D eigenvalue weighted by molar-refractivity contribution is 5.73. The lowest BCUT2D eigenvalue weighted by Crippen LogP contribution is -2.34. The van der Waals surface area contributed by atoms with Crippen LogP contribution in [-0.2, 0) is 4.79 Å². The molecular weight excluding hydrogens is 216 g/mol. The molecule has 0 aliphatic carbocycles. The number of nitrogens with zero attached hydrogens (tertiary/aromatic N) is 1. The molecule has 0 heterocycles. The first-order valence-electron chi connectivity index (χ1n) is 5.81. The zero-order valence-corrected chi connectivity index (χ0v) is 10.4. The molecule has 0 aliphatic heterocycles. The molecule has 4 nitrogen and oxygen atoms in total. The van der Waals surface area contributed by atoms with E-state index in [0.29, 0.717) is 19.0 Å². The third-order valence-electron chi connectivity index (χ3n) is 2.65. The van der Waals surface area contributed by atoms with Gasteiger partial charge in [0, 0.05) is 18.8 Å². The van der Waals surface area contributed by atoms with Crippen LogP contribution in [0.3, 0.4) is 0 Å². The van der Waals surface area contributed by atoms with Gasteiger partial charge in [0.15, 0.2) is 0 Å². The largest absolute Gasteiger partial charge is 0.480 e. The summed E-state index contributed by atoms with van der Waals surface area (Å²) in [6, 6.07) is 7.97. The van der Waals surface area contributed by atoms with E-state index in [9.17, 15) is 4.79 Å². The van der Waals surface area contributed by atoms with Gasteiger partial charge in [0.1, 0.15) is 6.54 Å². The summed E-state index contributed by atoms with van der Waals surface area (Å²) in [5.74, 6) is -0.363. The number of carboxylic acids is 1. The van der Waals surface area contributed by atoms with Crippen molar-refractivity contribution in [3.8, 4) is 0 Å². The van der Waals surface area contributed by atoms with Gasteiger partial charge in [-0.25, -0.2) is 0 Å². The first-order valence-corrected chi connectivity index (χ1v) is 5.81. The molecule has 0 unspecified atom stereocenters. The summed E-state index contributed by atoms with van der Waals surface area (Å²) in [5, 5.41) is 8.83. The third kappa shape index (κ3) is 4.07. The van der Waals surface area contributed by atoms with Crippen molar-refractivity contribution in [2.45, 2.75) is 19.8 Å². The number of rotatable bonds is 6. The summed E-state index contributed by atoms with van der Waals surface area (Å²) in [5.41, 5.74) is 7.64. The number of carboxylic acid groups (broad SMARTS) is 1. The Kier molecular flexibility index (Phi) is 4.97. The zero-order chi connectivity index (χ0) is 12.8. The van der Waals surface area contributed by atoms with Crippen LogP contribution in [0.15, 0.2) is 24.3 Å². The Morgan fingerprint density at radius 1 is 1.35 bits per heavy atom. The summed E-state index contributed by atoms with van der Waals surface area (Å²) in [7, 11) is 0. The number of hydrogen-bond acceptors (Lipinski definition) is 3. The monoisotopic (exact) mass is 236 g/mol. The number of nitrogens with two attached hydrogens (primary N) is 1. The second-order valence-corrected chi connectivity index (χ2v) is 4.35. The molecule has 1 rings (SSSR count). The van der Waals surface area contributed by atoms with E-state index in [0.717, 1.165) is 5.69 Å². The molecule has 0 amide bonds. The molecule has 0 atom stereocenters. The second-order valence-electron chi connectivity index (χ2n) is 4.35. The van der Waals surface area contributed by atoms with Gasteiger partial charge in [-0.15, -0.1) is 0 Å². The highest BCUT2D eigenvalue weighted by Crippen LogP contribution is 2.19. The highest BCUT2D eigenvalue weighted by atomic mass is 16.4. The van der Waals surface area contributed by atoms with E-state index >= 15 is 0 Å². The van der Waals surface area contributed by atoms with Gasteiger partial charge in [0.2, 0.25) is 0 Å². The average molecular weight is 236 g/mol. The summed E-state index contributed by atoms with van der Waals surface area (Å²) >= 11 is 0. The first kappa shape index (κ1) is 13.5. The minimum absolute atomic E-state index is 0.0156. The summed E-state index contributed by atoms with van der Waals surface area (Å²) in [6.45, 7) is 5.23. The van der Waals surface area contributed by atoms with Crippen molar-refractivity contribution in [2.75, 3.05) is 24.5 Å². The molecule has 4 heteroatoms. The lowest BCUT2D eigenvalue weighted by atomic mass is 10.0. The molecule has 0 spiro atoms. The summed E-state index contributed by atoms with van der Waals surface area (Å²) in [6.07, 6.45) is 0. The van der Waals surface area contributed by atoms with Crippen molar-refractivity contribution >= 4 is 11.7 Å². The van der Waals surface area contributed by atoms with Crippen LogP contribution >= 0.6 is 0 Å². The van der Waals surface area contributed by atoms with E-state index < -0.39 is 5.97 Å². The van der Waals surface area contributed by atoms with Crippen LogP contribution < -0.4 is 10.6 Å². The van der Waals surface area contributed by atoms with E-state index in [1.54, 1.807) is 4.90 Å². The Morgan fingerprint density at radius 3 is 2.35 bits per heavy atom. The van der Waals surface area contributed by atoms with Crippen LogP contribution in [0, 0.1) is 0 Å². The smallest absolute Gasteiger partial charge is 0.323 e. The lowest BCUT2D eigenvalue weighted by Gasteiger charge is -2.22. The maximum atomic E-state index is 10.8. The van der Waals surface area contributed by atoms with E-state index in [2.05, 4.69) is 13.8 Å². The predicted octanol–water partition coefficient (Wildman–Crippen LogP) is 1.66. The molecule has 0 bridgehead atoms. The average Bonchev–Trinajstić information content (AvgIpc) is 2.28. The molecule has 0 fully saturated rings. The molecule has 3 N–H and O–H groups in total. The Balaban J connectivity index is 2.83. The second kappa shape index (κ2) is 6.25. The standard InChI is InChI=1S/C13H20N2O2/c1-10(2)11-3-5-12(6-4-11)15(8-7-14)9-13(16)17/h3-6,10H,7-9,14H2,1-2H3,(H,16,17). The number of hydrogen-bond donors (Lipinski definition) is 2. The van der Waals surface area contributed by atoms with Crippen LogP contribution in [0.1, 0.15) is 25.3 Å². The van der Waals surface area contributed by atoms with E-state index in [1.807, 2.05) is 24.3 Å². The molecule has 0 radical (unpaired) electrons. The fourth-order valence-corrected chi connectivity index (χ4v) is 1.69. The molecule has 0 aromatic heterocycles. The van der Waals surface area contributed by atoms with E-state index in [4.69, 9.17) is 10.8 Å². The van der Waals surface area contributed by atoms with Crippen molar-refractivity contribution in [1.82, 2.24) is 0 Å². The minimum atomic E-state index is -0.841. The molecular formula is C13H20N2O2. The van der Waals surface area contributed by atoms with Gasteiger partial charge in [-0.3, -0.25) is 4.79 Å². The topological polar surface area (TPSA) is 66.6 Å². The Hall–Kier alpha value is -1.55. The van der Waals surface area contributed by atoms with E-state index in [-0.39, 0.29) is 6.54 Å². The van der Waals surface area contributed by atoms with Gasteiger partial charge in [-0.05, 0) is 23.6 Å². The first-order chi connectivity index (χ1) is 8.04. The maximum absolute atomic E-state index is 10.8. The molecule has 1 aromatic rings. The normalized spacial score (nSPS) is 10.6. The van der Waals surface area contributed by atoms with Crippen molar-refractivity contribution in [3.05, 3.63) is 29.8 Å². The number of aliphatic carboxylic acids is 1. The van der Waals surface area contributed by atoms with Gasteiger partial charge in [-0.1, -0.05) is 26.0 Å². The van der Waals surface area contributed by atoms with Gasteiger partial charge in [0.25, 0.3) is 0 Å². The van der Waals surface area contributed by atoms with Crippen LogP contribution in [0.5, 0.6) is 0 Å². The molecule has 0 saturated carbocycles. The molecule has 1 aromatic carbocycles. The molecule has 0 saturated heterocycles. The molecule has 94 valence electrons. The highest BCUT2D eigenvalue weighted by Gasteiger charge is 2.10. The molecule has 17 heavy (non-hydrogen) atoms. The van der Waals surface area contributed by atoms with E-state index in [1.165, 1.54) is 5.56 Å². The van der Waals surface area contributed by atoms with Gasteiger partial charge in [-0.2, -0.15) is 0 Å². The van der Waals surface area contributed by atoms with Crippen molar-refractivity contribution in [3.63, 3.8) is 0 Å². The third-order valence-corrected chi connectivity index (χ3v) is 2.65. The van der Waals surface area contributed by atoms with Crippen LogP contribution in [0.4, 0.5) is 5.69 Å². The van der Waals surface area contributed by atoms with Gasteiger partial charge < -0.3 is 15.7 Å². The minimum Gasteiger partial charge on any atom is -0.480 e.